The van der Waals surface area contributed by atoms with Gasteiger partial charge in [-0.2, -0.15) is 0 Å². The standard InChI is InChI=1S/C14H15N3O3S/c1-10-5-2-3-8-13(10)21(19,20)17-12-7-4-6-11(9-12)14(15)16-18/h2-9,17-18H,1H3,(H2,15,16). The highest BCUT2D eigenvalue weighted by molar-refractivity contribution is 7.92. The zero-order valence-corrected chi connectivity index (χ0v) is 12.1. The van der Waals surface area contributed by atoms with Gasteiger partial charge < -0.3 is 10.9 Å². The van der Waals surface area contributed by atoms with Crippen molar-refractivity contribution < 1.29 is 13.6 Å². The first-order chi connectivity index (χ1) is 9.94. The second-order valence-corrected chi connectivity index (χ2v) is 6.09. The molecule has 0 fully saturated rings. The van der Waals surface area contributed by atoms with Crippen molar-refractivity contribution in [2.75, 3.05) is 4.72 Å². The summed E-state index contributed by atoms with van der Waals surface area (Å²) in [6.45, 7) is 1.72. The third-order valence-corrected chi connectivity index (χ3v) is 4.44. The molecule has 0 unspecified atom stereocenters. The van der Waals surface area contributed by atoms with E-state index in [4.69, 9.17) is 10.9 Å². The Morgan fingerprint density at radius 3 is 2.57 bits per heavy atom. The highest BCUT2D eigenvalue weighted by Gasteiger charge is 2.16. The quantitative estimate of drug-likeness (QED) is 0.347. The number of nitrogens with two attached hydrogens (primary N) is 1. The molecule has 2 rings (SSSR count). The van der Waals surface area contributed by atoms with Crippen molar-refractivity contribution in [3.05, 3.63) is 59.7 Å². The van der Waals surface area contributed by atoms with Crippen LogP contribution >= 0.6 is 0 Å². The number of aryl methyl sites for hydroxylation is 1. The average Bonchev–Trinajstić information content (AvgIpc) is 2.46. The molecule has 0 saturated carbocycles. The molecule has 6 nitrogen and oxygen atoms in total. The largest absolute Gasteiger partial charge is 0.409 e. The van der Waals surface area contributed by atoms with E-state index in [9.17, 15) is 8.42 Å². The van der Waals surface area contributed by atoms with Crippen LogP contribution in [0.3, 0.4) is 0 Å². The summed E-state index contributed by atoms with van der Waals surface area (Å²) in [5.74, 6) is -0.0908. The second kappa shape index (κ2) is 5.84. The Labute approximate surface area is 123 Å². The van der Waals surface area contributed by atoms with Crippen LogP contribution in [-0.2, 0) is 10.0 Å². The number of amidine groups is 1. The highest BCUT2D eigenvalue weighted by Crippen LogP contribution is 2.19. The predicted molar refractivity (Wildman–Crippen MR) is 80.9 cm³/mol. The number of nitrogens with one attached hydrogen (secondary N) is 1. The van der Waals surface area contributed by atoms with Crippen LogP contribution in [0.2, 0.25) is 0 Å². The molecular weight excluding hydrogens is 290 g/mol. The van der Waals surface area contributed by atoms with Gasteiger partial charge in [0.2, 0.25) is 0 Å². The van der Waals surface area contributed by atoms with E-state index in [-0.39, 0.29) is 10.7 Å². The van der Waals surface area contributed by atoms with E-state index < -0.39 is 10.0 Å². The van der Waals surface area contributed by atoms with E-state index in [1.807, 2.05) is 0 Å². The summed E-state index contributed by atoms with van der Waals surface area (Å²) in [7, 11) is -3.69. The van der Waals surface area contributed by atoms with Crippen molar-refractivity contribution in [1.82, 2.24) is 0 Å². The minimum atomic E-state index is -3.69. The highest BCUT2D eigenvalue weighted by atomic mass is 32.2. The Hall–Kier alpha value is -2.54. The zero-order valence-electron chi connectivity index (χ0n) is 11.3. The van der Waals surface area contributed by atoms with Crippen LogP contribution in [0.25, 0.3) is 0 Å². The monoisotopic (exact) mass is 305 g/mol. The molecule has 0 atom stereocenters. The minimum Gasteiger partial charge on any atom is -0.409 e. The molecule has 2 aromatic carbocycles. The van der Waals surface area contributed by atoms with Gasteiger partial charge in [-0.3, -0.25) is 4.72 Å². The number of nitrogens with zero attached hydrogens (tertiary/aromatic N) is 1. The first-order valence-electron chi connectivity index (χ1n) is 6.10. The van der Waals surface area contributed by atoms with Gasteiger partial charge in [-0.15, -0.1) is 0 Å². The van der Waals surface area contributed by atoms with Crippen LogP contribution in [0.5, 0.6) is 0 Å². The molecule has 110 valence electrons. The summed E-state index contributed by atoms with van der Waals surface area (Å²) in [5, 5.41) is 11.5. The first-order valence-corrected chi connectivity index (χ1v) is 7.59. The van der Waals surface area contributed by atoms with Gasteiger partial charge in [0.15, 0.2) is 5.84 Å². The number of hydrogen-bond donors (Lipinski definition) is 3. The maximum atomic E-state index is 12.4. The summed E-state index contributed by atoms with van der Waals surface area (Å²) in [6, 6.07) is 13.0. The lowest BCUT2D eigenvalue weighted by molar-refractivity contribution is 0.318. The molecule has 7 heteroatoms. The van der Waals surface area contributed by atoms with E-state index in [2.05, 4.69) is 9.88 Å². The van der Waals surface area contributed by atoms with E-state index in [0.29, 0.717) is 16.8 Å². The maximum Gasteiger partial charge on any atom is 0.262 e. The Kier molecular flexibility index (Phi) is 4.13. The van der Waals surface area contributed by atoms with Crippen molar-refractivity contribution in [1.29, 1.82) is 0 Å². The Bertz CT molecular complexity index is 786. The van der Waals surface area contributed by atoms with Crippen LogP contribution in [-0.4, -0.2) is 19.5 Å². The summed E-state index contributed by atoms with van der Waals surface area (Å²) in [5.41, 5.74) is 6.89. The fourth-order valence-electron chi connectivity index (χ4n) is 1.87. The van der Waals surface area contributed by atoms with Gasteiger partial charge in [-0.05, 0) is 30.7 Å². The molecule has 4 N–H and O–H groups in total. The fourth-order valence-corrected chi connectivity index (χ4v) is 3.16. The second-order valence-electron chi connectivity index (χ2n) is 4.44. The number of oxime groups is 1. The van der Waals surface area contributed by atoms with E-state index >= 15 is 0 Å². The van der Waals surface area contributed by atoms with E-state index in [0.717, 1.165) is 0 Å². The lowest BCUT2D eigenvalue weighted by Crippen LogP contribution is -2.16. The average molecular weight is 305 g/mol. The number of sulfonamides is 1. The lowest BCUT2D eigenvalue weighted by atomic mass is 10.2. The summed E-state index contributed by atoms with van der Waals surface area (Å²) in [4.78, 5) is 0.208. The third kappa shape index (κ3) is 3.32. The number of anilines is 1. The molecule has 0 saturated heterocycles. The number of rotatable bonds is 4. The maximum absolute atomic E-state index is 12.4. The molecule has 0 bridgehead atoms. The van der Waals surface area contributed by atoms with Gasteiger partial charge in [0.1, 0.15) is 0 Å². The number of benzene rings is 2. The topological polar surface area (TPSA) is 105 Å². The van der Waals surface area contributed by atoms with Crippen LogP contribution in [0.1, 0.15) is 11.1 Å². The minimum absolute atomic E-state index is 0.0908. The summed E-state index contributed by atoms with van der Waals surface area (Å²) >= 11 is 0. The van der Waals surface area contributed by atoms with E-state index in [1.165, 1.54) is 12.1 Å². The first kappa shape index (κ1) is 14.9. The van der Waals surface area contributed by atoms with Crippen LogP contribution in [0.15, 0.2) is 58.6 Å². The van der Waals surface area contributed by atoms with Crippen molar-refractivity contribution >= 4 is 21.5 Å². The van der Waals surface area contributed by atoms with Gasteiger partial charge in [0.25, 0.3) is 10.0 Å². The van der Waals surface area contributed by atoms with Gasteiger partial charge in [-0.25, -0.2) is 8.42 Å². The predicted octanol–water partition coefficient (Wildman–Crippen LogP) is 1.89. The lowest BCUT2D eigenvalue weighted by Gasteiger charge is -2.11. The molecular formula is C14H15N3O3S. The normalized spacial score (nSPS) is 12.1. The number of hydrogen-bond acceptors (Lipinski definition) is 4. The smallest absolute Gasteiger partial charge is 0.262 e. The van der Waals surface area contributed by atoms with Crippen LogP contribution in [0, 0.1) is 6.92 Å². The molecule has 0 amide bonds. The van der Waals surface area contributed by atoms with Crippen LogP contribution in [0.4, 0.5) is 5.69 Å². The van der Waals surface area contributed by atoms with E-state index in [1.54, 1.807) is 43.3 Å². The third-order valence-electron chi connectivity index (χ3n) is 2.90. The summed E-state index contributed by atoms with van der Waals surface area (Å²) < 4.78 is 27.2. The van der Waals surface area contributed by atoms with Crippen LogP contribution < -0.4 is 10.5 Å². The summed E-state index contributed by atoms with van der Waals surface area (Å²) in [6.07, 6.45) is 0. The van der Waals surface area contributed by atoms with Crippen molar-refractivity contribution in [2.24, 2.45) is 10.9 Å². The van der Waals surface area contributed by atoms with Crippen molar-refractivity contribution in [3.8, 4) is 0 Å². The zero-order chi connectivity index (χ0) is 15.5. The van der Waals surface area contributed by atoms with Crippen molar-refractivity contribution in [3.63, 3.8) is 0 Å². The van der Waals surface area contributed by atoms with Gasteiger partial charge in [0, 0.05) is 11.3 Å². The molecule has 0 radical (unpaired) electrons. The van der Waals surface area contributed by atoms with Crippen molar-refractivity contribution in [2.45, 2.75) is 11.8 Å². The molecule has 0 spiro atoms. The molecule has 0 aliphatic carbocycles. The molecule has 0 heterocycles. The van der Waals surface area contributed by atoms with Gasteiger partial charge in [-0.1, -0.05) is 35.5 Å². The molecule has 21 heavy (non-hydrogen) atoms. The SMILES string of the molecule is Cc1ccccc1S(=O)(=O)Nc1cccc(C(N)=NO)c1. The molecule has 0 aromatic heterocycles. The molecule has 2 aromatic rings. The Morgan fingerprint density at radius 1 is 1.19 bits per heavy atom. The fraction of sp³-hybridized carbons (Fsp3) is 0.0714. The Morgan fingerprint density at radius 2 is 1.90 bits per heavy atom. The van der Waals surface area contributed by atoms with Gasteiger partial charge >= 0.3 is 0 Å². The Balaban J connectivity index is 2.36. The van der Waals surface area contributed by atoms with Gasteiger partial charge in [0.05, 0.1) is 4.90 Å². The molecule has 0 aliphatic rings. The molecule has 0 aliphatic heterocycles.